The highest BCUT2D eigenvalue weighted by molar-refractivity contribution is 7.86. The molecule has 1 aromatic rings. The van der Waals surface area contributed by atoms with Crippen molar-refractivity contribution in [3.63, 3.8) is 0 Å². The molecule has 0 bridgehead atoms. The SMILES string of the molecule is CC(=O)OC[C@H]1O[C@@H](O)[C@H](OC(C)=O)[C@@H](OC(C)=O)[C@@H]1O[C@@H]1O[C@H](COS(=O)(=O)c2ccc(C)cc2)[C@H](O)[C@H](OC(C)=O)[C@H]1OC(C)=O. The fourth-order valence-electron chi connectivity index (χ4n) is 4.90. The molecule has 0 spiro atoms. The van der Waals surface area contributed by atoms with E-state index in [9.17, 15) is 42.6 Å². The van der Waals surface area contributed by atoms with Gasteiger partial charge < -0.3 is 48.1 Å². The summed E-state index contributed by atoms with van der Waals surface area (Å²) in [6.45, 7) is 5.29. The summed E-state index contributed by atoms with van der Waals surface area (Å²) in [7, 11) is -4.42. The Labute approximate surface area is 275 Å². The summed E-state index contributed by atoms with van der Waals surface area (Å²) >= 11 is 0. The maximum Gasteiger partial charge on any atom is 0.303 e. The third kappa shape index (κ3) is 10.4. The maximum atomic E-state index is 12.9. The summed E-state index contributed by atoms with van der Waals surface area (Å²) in [5, 5.41) is 21.8. The molecule has 268 valence electrons. The number of carbonyl (C=O) groups is 5. The van der Waals surface area contributed by atoms with Crippen molar-refractivity contribution < 1.29 is 84.7 Å². The molecule has 0 saturated carbocycles. The molecule has 1 aromatic carbocycles. The number of carbonyl (C=O) groups excluding carboxylic acids is 5. The largest absolute Gasteiger partial charge is 0.463 e. The van der Waals surface area contributed by atoms with Crippen LogP contribution in [0.1, 0.15) is 40.2 Å². The van der Waals surface area contributed by atoms with Crippen LogP contribution < -0.4 is 0 Å². The van der Waals surface area contributed by atoms with Crippen LogP contribution in [0.3, 0.4) is 0 Å². The molecule has 10 atom stereocenters. The zero-order valence-electron chi connectivity index (χ0n) is 26.8. The molecule has 18 nitrogen and oxygen atoms in total. The van der Waals surface area contributed by atoms with Gasteiger partial charge in [-0.15, -0.1) is 0 Å². The van der Waals surface area contributed by atoms with Crippen molar-refractivity contribution in [2.45, 2.75) is 108 Å². The standard InChI is InChI=1S/C29H38O18S/c1-13-7-9-19(10-8-13)48(37,38)40-12-20-22(35)24(41-15(3)31)27(44-18(6)34)29(46-20)47-23-21(11-39-14(2)30)45-28(36)26(43-17(5)33)25(23)42-16(4)32/h7-10,20-29,35-36H,11-12H2,1-6H3/t20-,21-,22+,23-,24+,25+,26-,27-,28-,29+/m1/s1. The van der Waals surface area contributed by atoms with Crippen molar-refractivity contribution in [1.82, 2.24) is 0 Å². The van der Waals surface area contributed by atoms with Crippen LogP contribution in [-0.4, -0.2) is 123 Å². The van der Waals surface area contributed by atoms with Gasteiger partial charge in [0, 0.05) is 34.6 Å². The Morgan fingerprint density at radius 3 is 1.73 bits per heavy atom. The Balaban J connectivity index is 2.05. The van der Waals surface area contributed by atoms with E-state index in [1.54, 1.807) is 6.92 Å². The van der Waals surface area contributed by atoms with Crippen molar-refractivity contribution in [1.29, 1.82) is 0 Å². The zero-order chi connectivity index (χ0) is 35.9. The van der Waals surface area contributed by atoms with Crippen molar-refractivity contribution in [3.8, 4) is 0 Å². The number of hydrogen-bond donors (Lipinski definition) is 2. The van der Waals surface area contributed by atoms with Gasteiger partial charge in [-0.25, -0.2) is 0 Å². The summed E-state index contributed by atoms with van der Waals surface area (Å²) in [5.41, 5.74) is 0.773. The number of rotatable bonds is 12. The molecule has 2 fully saturated rings. The van der Waals surface area contributed by atoms with Crippen molar-refractivity contribution in [2.24, 2.45) is 0 Å². The first-order valence-corrected chi connectivity index (χ1v) is 15.9. The predicted molar refractivity (Wildman–Crippen MR) is 154 cm³/mol. The van der Waals surface area contributed by atoms with E-state index in [-0.39, 0.29) is 4.90 Å². The molecule has 0 unspecified atom stereocenters. The third-order valence-corrected chi connectivity index (χ3v) is 8.17. The maximum absolute atomic E-state index is 12.9. The summed E-state index contributed by atoms with van der Waals surface area (Å²) < 4.78 is 74.5. The van der Waals surface area contributed by atoms with Crippen LogP contribution in [0.15, 0.2) is 29.2 Å². The van der Waals surface area contributed by atoms with Gasteiger partial charge in [0.05, 0.1) is 11.5 Å². The second-order valence-corrected chi connectivity index (χ2v) is 12.5. The number of benzene rings is 1. The van der Waals surface area contributed by atoms with Gasteiger partial charge in [-0.2, -0.15) is 8.42 Å². The lowest BCUT2D eigenvalue weighted by Crippen LogP contribution is -2.66. The lowest BCUT2D eigenvalue weighted by molar-refractivity contribution is -0.356. The van der Waals surface area contributed by atoms with Crippen LogP contribution in [0.4, 0.5) is 0 Å². The van der Waals surface area contributed by atoms with E-state index in [0.717, 1.165) is 40.2 Å². The number of aryl methyl sites for hydroxylation is 1. The highest BCUT2D eigenvalue weighted by atomic mass is 32.2. The third-order valence-electron chi connectivity index (χ3n) is 6.88. The Morgan fingerprint density at radius 2 is 1.19 bits per heavy atom. The predicted octanol–water partition coefficient (Wildman–Crippen LogP) is -0.822. The second kappa shape index (κ2) is 16.6. The fraction of sp³-hybridized carbons (Fsp3) is 0.621. The lowest BCUT2D eigenvalue weighted by atomic mass is 9.96. The summed E-state index contributed by atoms with van der Waals surface area (Å²) in [5.74, 6) is -4.55. The monoisotopic (exact) mass is 706 g/mol. The van der Waals surface area contributed by atoms with Gasteiger partial charge in [0.1, 0.15) is 31.0 Å². The van der Waals surface area contributed by atoms with E-state index in [4.69, 9.17) is 42.1 Å². The molecule has 0 aromatic heterocycles. The number of aliphatic hydroxyl groups excluding tert-OH is 2. The Bertz CT molecular complexity index is 1430. The van der Waals surface area contributed by atoms with Gasteiger partial charge in [-0.05, 0) is 19.1 Å². The van der Waals surface area contributed by atoms with E-state index < -0.39 is 115 Å². The summed E-state index contributed by atoms with van der Waals surface area (Å²) in [6, 6.07) is 5.65. The second-order valence-electron chi connectivity index (χ2n) is 10.8. The lowest BCUT2D eigenvalue weighted by Gasteiger charge is -2.47. The van der Waals surface area contributed by atoms with Crippen LogP contribution in [0, 0.1) is 6.92 Å². The summed E-state index contributed by atoms with van der Waals surface area (Å²) in [4.78, 5) is 59.8. The quantitative estimate of drug-likeness (QED) is 0.153. The van der Waals surface area contributed by atoms with Gasteiger partial charge in [-0.3, -0.25) is 28.2 Å². The first-order valence-electron chi connectivity index (χ1n) is 14.5. The number of esters is 5. The van der Waals surface area contributed by atoms with Gasteiger partial charge in [0.2, 0.25) is 0 Å². The Morgan fingerprint density at radius 1 is 0.667 bits per heavy atom. The molecular weight excluding hydrogens is 668 g/mol. The van der Waals surface area contributed by atoms with Crippen LogP contribution in [0.5, 0.6) is 0 Å². The minimum Gasteiger partial charge on any atom is -0.463 e. The van der Waals surface area contributed by atoms with Gasteiger partial charge in [0.25, 0.3) is 10.1 Å². The van der Waals surface area contributed by atoms with Crippen molar-refractivity contribution in [2.75, 3.05) is 13.2 Å². The molecule has 2 aliphatic rings. The highest BCUT2D eigenvalue weighted by Gasteiger charge is 2.56. The normalized spacial score (nSPS) is 30.4. The molecular formula is C29H38O18S. The first kappa shape index (κ1) is 38.7. The molecule has 2 saturated heterocycles. The molecule has 0 amide bonds. The molecule has 2 aliphatic heterocycles. The Kier molecular flexibility index (Phi) is 13.4. The fourth-order valence-corrected chi connectivity index (χ4v) is 5.82. The molecule has 2 N–H and O–H groups in total. The van der Waals surface area contributed by atoms with Gasteiger partial charge in [0.15, 0.2) is 37.0 Å². The van der Waals surface area contributed by atoms with E-state index >= 15 is 0 Å². The number of hydrogen-bond acceptors (Lipinski definition) is 18. The van der Waals surface area contributed by atoms with Crippen molar-refractivity contribution in [3.05, 3.63) is 29.8 Å². The summed E-state index contributed by atoms with van der Waals surface area (Å²) in [6.07, 6.45) is -17.4. The molecule has 3 rings (SSSR count). The molecule has 0 aliphatic carbocycles. The highest BCUT2D eigenvalue weighted by Crippen LogP contribution is 2.34. The molecule has 48 heavy (non-hydrogen) atoms. The molecule has 2 heterocycles. The van der Waals surface area contributed by atoms with Gasteiger partial charge in [-0.1, -0.05) is 17.7 Å². The average molecular weight is 707 g/mol. The topological polar surface area (TPSA) is 243 Å². The van der Waals surface area contributed by atoms with E-state index in [0.29, 0.717) is 0 Å². The number of ether oxygens (including phenoxy) is 8. The first-order chi connectivity index (χ1) is 22.4. The zero-order valence-corrected chi connectivity index (χ0v) is 27.6. The van der Waals surface area contributed by atoms with Gasteiger partial charge >= 0.3 is 29.8 Å². The van der Waals surface area contributed by atoms with Crippen LogP contribution in [-0.2, 0) is 76.2 Å². The molecule has 0 radical (unpaired) electrons. The van der Waals surface area contributed by atoms with Crippen LogP contribution in [0.25, 0.3) is 0 Å². The minimum atomic E-state index is -4.42. The number of aliphatic hydroxyl groups is 2. The molecule has 19 heteroatoms. The van der Waals surface area contributed by atoms with Crippen LogP contribution in [0.2, 0.25) is 0 Å². The van der Waals surface area contributed by atoms with E-state index in [1.165, 1.54) is 24.3 Å². The average Bonchev–Trinajstić information content (AvgIpc) is 2.97. The van der Waals surface area contributed by atoms with Crippen LogP contribution >= 0.6 is 0 Å². The minimum absolute atomic E-state index is 0.215. The Hall–Kier alpha value is -3.72. The van der Waals surface area contributed by atoms with E-state index in [2.05, 4.69) is 0 Å². The smallest absolute Gasteiger partial charge is 0.303 e. The van der Waals surface area contributed by atoms with E-state index in [1.807, 2.05) is 0 Å². The van der Waals surface area contributed by atoms with Crippen molar-refractivity contribution >= 4 is 40.0 Å².